The van der Waals surface area contributed by atoms with Gasteiger partial charge in [0.25, 0.3) is 5.91 Å². The van der Waals surface area contributed by atoms with Crippen molar-refractivity contribution in [3.63, 3.8) is 0 Å². The lowest BCUT2D eigenvalue weighted by Gasteiger charge is -2.14. The molecule has 1 aliphatic rings. The van der Waals surface area contributed by atoms with Crippen molar-refractivity contribution in [2.24, 2.45) is 0 Å². The summed E-state index contributed by atoms with van der Waals surface area (Å²) < 4.78 is 6.40. The fourth-order valence-electron chi connectivity index (χ4n) is 2.52. The van der Waals surface area contributed by atoms with Crippen LogP contribution in [0.15, 0.2) is 34.3 Å². The molecule has 1 aromatic rings. The van der Waals surface area contributed by atoms with Gasteiger partial charge >= 0.3 is 0 Å². The minimum atomic E-state index is -0.0730. The number of hydrogen-bond donors (Lipinski definition) is 1. The summed E-state index contributed by atoms with van der Waals surface area (Å²) in [6, 6.07) is 5.51. The molecule has 3 nitrogen and oxygen atoms in total. The highest BCUT2D eigenvalue weighted by Crippen LogP contribution is 2.23. The van der Waals surface area contributed by atoms with Crippen LogP contribution in [0.4, 0.5) is 0 Å². The lowest BCUT2D eigenvalue weighted by atomic mass is 9.97. The highest BCUT2D eigenvalue weighted by Gasteiger charge is 2.13. The Kier molecular flexibility index (Phi) is 6.30. The second-order valence-electron chi connectivity index (χ2n) is 5.19. The summed E-state index contributed by atoms with van der Waals surface area (Å²) >= 11 is 3.40. The highest BCUT2D eigenvalue weighted by molar-refractivity contribution is 9.10. The van der Waals surface area contributed by atoms with Crippen LogP contribution in [0.2, 0.25) is 0 Å². The molecule has 0 fully saturated rings. The maximum Gasteiger partial charge on any atom is 0.255 e. The Bertz CT molecular complexity index is 526. The first-order valence-electron chi connectivity index (χ1n) is 7.59. The zero-order valence-electron chi connectivity index (χ0n) is 12.5. The minimum absolute atomic E-state index is 0.0730. The van der Waals surface area contributed by atoms with E-state index in [-0.39, 0.29) is 5.91 Å². The van der Waals surface area contributed by atoms with Crippen LogP contribution in [0.1, 0.15) is 49.4 Å². The van der Waals surface area contributed by atoms with Crippen LogP contribution in [0.25, 0.3) is 0 Å². The molecule has 1 aromatic carbocycles. The second kappa shape index (κ2) is 8.23. The van der Waals surface area contributed by atoms with E-state index in [4.69, 9.17) is 4.74 Å². The molecule has 0 saturated carbocycles. The van der Waals surface area contributed by atoms with E-state index in [0.29, 0.717) is 24.5 Å². The van der Waals surface area contributed by atoms with Crippen molar-refractivity contribution in [1.82, 2.24) is 5.32 Å². The Hall–Kier alpha value is -1.29. The van der Waals surface area contributed by atoms with Gasteiger partial charge in [-0.05, 0) is 57.2 Å². The third-order valence-electron chi connectivity index (χ3n) is 3.60. The van der Waals surface area contributed by atoms with E-state index in [1.807, 2.05) is 19.1 Å². The monoisotopic (exact) mass is 351 g/mol. The standard InChI is InChI=1S/C17H22BrNO2/c1-2-21-16-9-8-14(18)12-15(16)17(20)19-11-10-13-6-4-3-5-7-13/h6,8-9,12H,2-5,7,10-11H2,1H3,(H,19,20). The number of ether oxygens (including phenoxy) is 1. The van der Waals surface area contributed by atoms with E-state index in [1.54, 1.807) is 6.07 Å². The summed E-state index contributed by atoms with van der Waals surface area (Å²) in [6.07, 6.45) is 8.20. The number of hydrogen-bond acceptors (Lipinski definition) is 2. The maximum absolute atomic E-state index is 12.3. The van der Waals surface area contributed by atoms with Crippen molar-refractivity contribution in [2.75, 3.05) is 13.2 Å². The molecule has 4 heteroatoms. The average molecular weight is 352 g/mol. The van der Waals surface area contributed by atoms with Gasteiger partial charge in [0.2, 0.25) is 0 Å². The second-order valence-corrected chi connectivity index (χ2v) is 6.10. The molecule has 0 aromatic heterocycles. The molecule has 2 rings (SSSR count). The zero-order valence-corrected chi connectivity index (χ0v) is 14.0. The minimum Gasteiger partial charge on any atom is -0.493 e. The Morgan fingerprint density at radius 2 is 2.24 bits per heavy atom. The summed E-state index contributed by atoms with van der Waals surface area (Å²) in [5, 5.41) is 2.99. The number of allylic oxidation sites excluding steroid dienone is 1. The van der Waals surface area contributed by atoms with Gasteiger partial charge in [-0.2, -0.15) is 0 Å². The first-order chi connectivity index (χ1) is 10.2. The van der Waals surface area contributed by atoms with Crippen LogP contribution in [-0.2, 0) is 0 Å². The predicted molar refractivity (Wildman–Crippen MR) is 88.8 cm³/mol. The summed E-state index contributed by atoms with van der Waals surface area (Å²) in [5.41, 5.74) is 2.06. The molecule has 0 spiro atoms. The number of halogens is 1. The van der Waals surface area contributed by atoms with Gasteiger partial charge < -0.3 is 10.1 Å². The number of benzene rings is 1. The fraction of sp³-hybridized carbons (Fsp3) is 0.471. The number of nitrogens with one attached hydrogen (secondary N) is 1. The lowest BCUT2D eigenvalue weighted by Crippen LogP contribution is -2.25. The summed E-state index contributed by atoms with van der Waals surface area (Å²) in [7, 11) is 0. The first-order valence-corrected chi connectivity index (χ1v) is 8.38. The van der Waals surface area contributed by atoms with Crippen LogP contribution in [0.5, 0.6) is 5.75 Å². The summed E-state index contributed by atoms with van der Waals surface area (Å²) in [6.45, 7) is 3.15. The molecular formula is C17H22BrNO2. The van der Waals surface area contributed by atoms with Crippen molar-refractivity contribution in [3.8, 4) is 5.75 Å². The molecular weight excluding hydrogens is 330 g/mol. The smallest absolute Gasteiger partial charge is 0.255 e. The van der Waals surface area contributed by atoms with Crippen LogP contribution in [-0.4, -0.2) is 19.1 Å². The first kappa shape index (κ1) is 16.1. The molecule has 1 N–H and O–H groups in total. The van der Waals surface area contributed by atoms with E-state index in [9.17, 15) is 4.79 Å². The van der Waals surface area contributed by atoms with Gasteiger partial charge in [0, 0.05) is 11.0 Å². The van der Waals surface area contributed by atoms with Crippen molar-refractivity contribution < 1.29 is 9.53 Å². The van der Waals surface area contributed by atoms with E-state index in [0.717, 1.165) is 10.9 Å². The SMILES string of the molecule is CCOc1ccc(Br)cc1C(=O)NCCC1=CCCCC1. The average Bonchev–Trinajstić information content (AvgIpc) is 2.50. The molecule has 1 amide bonds. The maximum atomic E-state index is 12.3. The Morgan fingerprint density at radius 3 is 2.95 bits per heavy atom. The van der Waals surface area contributed by atoms with Gasteiger partial charge in [0.05, 0.1) is 12.2 Å². The van der Waals surface area contributed by atoms with Gasteiger partial charge in [-0.15, -0.1) is 0 Å². The number of carbonyl (C=O) groups excluding carboxylic acids is 1. The van der Waals surface area contributed by atoms with Crippen molar-refractivity contribution in [1.29, 1.82) is 0 Å². The largest absolute Gasteiger partial charge is 0.493 e. The van der Waals surface area contributed by atoms with Crippen LogP contribution < -0.4 is 10.1 Å². The number of carbonyl (C=O) groups is 1. The molecule has 0 heterocycles. The molecule has 0 radical (unpaired) electrons. The van der Waals surface area contributed by atoms with E-state index in [2.05, 4.69) is 27.3 Å². The molecule has 0 atom stereocenters. The van der Waals surface area contributed by atoms with Crippen LogP contribution in [0.3, 0.4) is 0 Å². The highest BCUT2D eigenvalue weighted by atomic mass is 79.9. The van der Waals surface area contributed by atoms with Crippen molar-refractivity contribution in [3.05, 3.63) is 39.9 Å². The molecule has 0 saturated heterocycles. The molecule has 0 aliphatic heterocycles. The van der Waals surface area contributed by atoms with Gasteiger partial charge in [-0.3, -0.25) is 4.79 Å². The summed E-state index contributed by atoms with van der Waals surface area (Å²) in [4.78, 5) is 12.3. The Labute approximate surface area is 134 Å². The normalized spacial score (nSPS) is 14.5. The van der Waals surface area contributed by atoms with Crippen molar-refractivity contribution in [2.45, 2.75) is 39.0 Å². The molecule has 1 aliphatic carbocycles. The van der Waals surface area contributed by atoms with Gasteiger partial charge in [0.15, 0.2) is 0 Å². The predicted octanol–water partition coefficient (Wildman–Crippen LogP) is 4.47. The van der Waals surface area contributed by atoms with E-state index in [1.165, 1.54) is 31.3 Å². The van der Waals surface area contributed by atoms with Gasteiger partial charge in [-0.25, -0.2) is 0 Å². The van der Waals surface area contributed by atoms with E-state index >= 15 is 0 Å². The van der Waals surface area contributed by atoms with Crippen LogP contribution in [0, 0.1) is 0 Å². The fourth-order valence-corrected chi connectivity index (χ4v) is 2.89. The zero-order chi connectivity index (χ0) is 15.1. The van der Waals surface area contributed by atoms with Gasteiger partial charge in [0.1, 0.15) is 5.75 Å². The number of amides is 1. The summed E-state index contributed by atoms with van der Waals surface area (Å²) in [5.74, 6) is 0.561. The van der Waals surface area contributed by atoms with Crippen LogP contribution >= 0.6 is 15.9 Å². The molecule has 0 unspecified atom stereocenters. The third kappa shape index (κ3) is 4.88. The third-order valence-corrected chi connectivity index (χ3v) is 4.10. The van der Waals surface area contributed by atoms with E-state index < -0.39 is 0 Å². The lowest BCUT2D eigenvalue weighted by molar-refractivity contribution is 0.0950. The van der Waals surface area contributed by atoms with Crippen molar-refractivity contribution >= 4 is 21.8 Å². The Balaban J connectivity index is 1.93. The molecule has 114 valence electrons. The number of rotatable bonds is 6. The topological polar surface area (TPSA) is 38.3 Å². The molecule has 0 bridgehead atoms. The van der Waals surface area contributed by atoms with Gasteiger partial charge in [-0.1, -0.05) is 27.6 Å². The quantitative estimate of drug-likeness (QED) is 0.768. The molecule has 21 heavy (non-hydrogen) atoms. The Morgan fingerprint density at radius 1 is 1.38 bits per heavy atom.